The van der Waals surface area contributed by atoms with Crippen LogP contribution in [0.2, 0.25) is 0 Å². The van der Waals surface area contributed by atoms with E-state index in [0.717, 1.165) is 26.1 Å². The summed E-state index contributed by atoms with van der Waals surface area (Å²) in [7, 11) is 0. The molecule has 3 rings (SSSR count). The van der Waals surface area contributed by atoms with Crippen LogP contribution in [0.1, 0.15) is 22.5 Å². The van der Waals surface area contributed by atoms with Crippen molar-refractivity contribution in [3.05, 3.63) is 58.9 Å². The van der Waals surface area contributed by atoms with Gasteiger partial charge in [-0.1, -0.05) is 29.8 Å². The first-order chi connectivity index (χ1) is 8.33. The summed E-state index contributed by atoms with van der Waals surface area (Å²) in [5.41, 5.74) is 5.60. The first kappa shape index (κ1) is 10.6. The molecule has 0 atom stereocenters. The van der Waals surface area contributed by atoms with Crippen molar-refractivity contribution < 1.29 is 0 Å². The van der Waals surface area contributed by atoms with Gasteiger partial charge in [0.05, 0.1) is 0 Å². The normalized spacial score (nSPS) is 14.6. The molecule has 1 N–H and O–H groups in total. The summed E-state index contributed by atoms with van der Waals surface area (Å²) in [5.74, 6) is 0. The highest BCUT2D eigenvalue weighted by molar-refractivity contribution is 5.28. The molecule has 2 heteroatoms. The van der Waals surface area contributed by atoms with E-state index in [2.05, 4.69) is 53.2 Å². The smallest absolute Gasteiger partial charge is 0.0360 e. The number of nitrogens with one attached hydrogen (secondary N) is 1. The molecule has 0 saturated carbocycles. The van der Waals surface area contributed by atoms with E-state index in [0.29, 0.717) is 0 Å². The second-order valence-electron chi connectivity index (χ2n) is 4.81. The number of hydrogen-bond donors (Lipinski definition) is 1. The van der Waals surface area contributed by atoms with Gasteiger partial charge in [-0.05, 0) is 24.6 Å². The fourth-order valence-corrected chi connectivity index (χ4v) is 2.59. The maximum Gasteiger partial charge on any atom is 0.0360 e. The number of benzene rings is 1. The van der Waals surface area contributed by atoms with Gasteiger partial charge in [-0.15, -0.1) is 0 Å². The average molecular weight is 226 g/mol. The molecule has 2 aromatic rings. The third-order valence-electron chi connectivity index (χ3n) is 3.45. The average Bonchev–Trinajstić information content (AvgIpc) is 2.73. The van der Waals surface area contributed by atoms with Crippen molar-refractivity contribution in [2.24, 2.45) is 0 Å². The van der Waals surface area contributed by atoms with Gasteiger partial charge in [-0.3, -0.25) is 0 Å². The second-order valence-corrected chi connectivity index (χ2v) is 4.81. The highest BCUT2D eigenvalue weighted by Crippen LogP contribution is 2.16. The van der Waals surface area contributed by atoms with Gasteiger partial charge < -0.3 is 9.88 Å². The van der Waals surface area contributed by atoms with E-state index in [9.17, 15) is 0 Å². The maximum atomic E-state index is 3.41. The van der Waals surface area contributed by atoms with Crippen LogP contribution in [0.3, 0.4) is 0 Å². The van der Waals surface area contributed by atoms with E-state index in [-0.39, 0.29) is 0 Å². The predicted octanol–water partition coefficient (Wildman–Crippen LogP) is 2.49. The van der Waals surface area contributed by atoms with Crippen molar-refractivity contribution in [3.8, 4) is 0 Å². The van der Waals surface area contributed by atoms with Gasteiger partial charge in [0.15, 0.2) is 0 Å². The van der Waals surface area contributed by atoms with Crippen molar-refractivity contribution in [2.45, 2.75) is 26.4 Å². The Morgan fingerprint density at radius 2 is 2.18 bits per heavy atom. The topological polar surface area (TPSA) is 17.0 Å². The summed E-state index contributed by atoms with van der Waals surface area (Å²) in [4.78, 5) is 0. The lowest BCUT2D eigenvalue weighted by atomic mass is 10.1. The van der Waals surface area contributed by atoms with E-state index in [1.807, 2.05) is 0 Å². The molecular weight excluding hydrogens is 208 g/mol. The summed E-state index contributed by atoms with van der Waals surface area (Å²) in [6.45, 7) is 5.35. The summed E-state index contributed by atoms with van der Waals surface area (Å²) in [6, 6.07) is 13.3. The Morgan fingerprint density at radius 3 is 3.06 bits per heavy atom. The molecule has 0 fully saturated rings. The monoisotopic (exact) mass is 226 g/mol. The summed E-state index contributed by atoms with van der Waals surface area (Å²) in [6.07, 6.45) is 1.04. The summed E-state index contributed by atoms with van der Waals surface area (Å²) < 4.78 is 2.46. The predicted molar refractivity (Wildman–Crippen MR) is 70.1 cm³/mol. The SMILES string of the molecule is Cc1cccc(Cc2ccc3n2CCNC3)c1. The van der Waals surface area contributed by atoms with Crippen molar-refractivity contribution in [1.29, 1.82) is 0 Å². The zero-order valence-electron chi connectivity index (χ0n) is 10.2. The van der Waals surface area contributed by atoms with E-state index >= 15 is 0 Å². The van der Waals surface area contributed by atoms with Crippen LogP contribution in [0.25, 0.3) is 0 Å². The Hall–Kier alpha value is -1.54. The molecule has 17 heavy (non-hydrogen) atoms. The van der Waals surface area contributed by atoms with E-state index in [1.165, 1.54) is 22.5 Å². The fraction of sp³-hybridized carbons (Fsp3) is 0.333. The molecule has 88 valence electrons. The molecule has 0 unspecified atom stereocenters. The standard InChI is InChI=1S/C15H18N2/c1-12-3-2-4-13(9-12)10-14-5-6-15-11-16-7-8-17(14)15/h2-6,9,16H,7-8,10-11H2,1H3. The van der Waals surface area contributed by atoms with Crippen LogP contribution in [0.4, 0.5) is 0 Å². The number of nitrogens with zero attached hydrogens (tertiary/aromatic N) is 1. The minimum absolute atomic E-state index is 1.01. The molecule has 0 amide bonds. The fourth-order valence-electron chi connectivity index (χ4n) is 2.59. The van der Waals surface area contributed by atoms with Crippen LogP contribution in [-0.2, 0) is 19.5 Å². The molecule has 0 radical (unpaired) electrons. The minimum atomic E-state index is 1.01. The Balaban J connectivity index is 1.88. The lowest BCUT2D eigenvalue weighted by Crippen LogP contribution is -2.28. The zero-order valence-corrected chi connectivity index (χ0v) is 10.2. The maximum absolute atomic E-state index is 3.41. The van der Waals surface area contributed by atoms with Crippen LogP contribution in [0, 0.1) is 6.92 Å². The van der Waals surface area contributed by atoms with Gasteiger partial charge in [0, 0.05) is 37.4 Å². The van der Waals surface area contributed by atoms with Crippen molar-refractivity contribution >= 4 is 0 Å². The zero-order chi connectivity index (χ0) is 11.7. The van der Waals surface area contributed by atoms with Gasteiger partial charge in [-0.2, -0.15) is 0 Å². The molecule has 0 bridgehead atoms. The minimum Gasteiger partial charge on any atom is -0.346 e. The van der Waals surface area contributed by atoms with E-state index in [4.69, 9.17) is 0 Å². The molecule has 0 aliphatic carbocycles. The van der Waals surface area contributed by atoms with Gasteiger partial charge in [0.2, 0.25) is 0 Å². The Labute approximate surface area is 102 Å². The molecule has 0 saturated heterocycles. The largest absolute Gasteiger partial charge is 0.346 e. The molecule has 1 aromatic heterocycles. The third kappa shape index (κ3) is 2.13. The quantitative estimate of drug-likeness (QED) is 0.832. The van der Waals surface area contributed by atoms with Crippen LogP contribution in [0.15, 0.2) is 36.4 Å². The van der Waals surface area contributed by atoms with Gasteiger partial charge in [0.25, 0.3) is 0 Å². The lowest BCUT2D eigenvalue weighted by molar-refractivity contribution is 0.506. The third-order valence-corrected chi connectivity index (χ3v) is 3.45. The Kier molecular flexibility index (Phi) is 2.73. The molecule has 1 aromatic carbocycles. The number of aryl methyl sites for hydroxylation is 1. The molecule has 2 heterocycles. The summed E-state index contributed by atoms with van der Waals surface area (Å²) >= 11 is 0. The van der Waals surface area contributed by atoms with Crippen molar-refractivity contribution in [3.63, 3.8) is 0 Å². The highest BCUT2D eigenvalue weighted by atomic mass is 15.1. The first-order valence-corrected chi connectivity index (χ1v) is 6.26. The molecule has 1 aliphatic rings. The second kappa shape index (κ2) is 4.38. The first-order valence-electron chi connectivity index (χ1n) is 6.26. The van der Waals surface area contributed by atoms with Gasteiger partial charge in [0.1, 0.15) is 0 Å². The van der Waals surface area contributed by atoms with Crippen molar-refractivity contribution in [2.75, 3.05) is 6.54 Å². The number of rotatable bonds is 2. The van der Waals surface area contributed by atoms with Crippen molar-refractivity contribution in [1.82, 2.24) is 9.88 Å². The number of aromatic nitrogens is 1. The van der Waals surface area contributed by atoms with Crippen LogP contribution >= 0.6 is 0 Å². The summed E-state index contributed by atoms with van der Waals surface area (Å²) in [5, 5.41) is 3.41. The molecular formula is C15H18N2. The molecule has 1 aliphatic heterocycles. The number of hydrogen-bond acceptors (Lipinski definition) is 1. The van der Waals surface area contributed by atoms with Gasteiger partial charge >= 0.3 is 0 Å². The lowest BCUT2D eigenvalue weighted by Gasteiger charge is -2.19. The van der Waals surface area contributed by atoms with E-state index < -0.39 is 0 Å². The van der Waals surface area contributed by atoms with Gasteiger partial charge in [-0.25, -0.2) is 0 Å². The molecule has 0 spiro atoms. The van der Waals surface area contributed by atoms with Crippen LogP contribution in [0.5, 0.6) is 0 Å². The van der Waals surface area contributed by atoms with Crippen LogP contribution in [-0.4, -0.2) is 11.1 Å². The Bertz CT molecular complexity index is 525. The molecule has 2 nitrogen and oxygen atoms in total. The van der Waals surface area contributed by atoms with Crippen LogP contribution < -0.4 is 5.32 Å². The highest BCUT2D eigenvalue weighted by Gasteiger charge is 2.11. The number of fused-ring (bicyclic) bond motifs is 1. The van der Waals surface area contributed by atoms with E-state index in [1.54, 1.807) is 0 Å². The Morgan fingerprint density at radius 1 is 1.24 bits per heavy atom.